The van der Waals surface area contributed by atoms with Crippen LogP contribution in [-0.2, 0) is 0 Å². The Bertz CT molecular complexity index is 1020. The molecule has 3 aromatic rings. The second kappa shape index (κ2) is 6.36. The van der Waals surface area contributed by atoms with Crippen LogP contribution < -0.4 is 11.5 Å². The molecule has 6 nitrogen and oxygen atoms in total. The summed E-state index contributed by atoms with van der Waals surface area (Å²) in [7, 11) is 0. The van der Waals surface area contributed by atoms with Crippen molar-refractivity contribution >= 4 is 22.5 Å². The molecule has 132 valence electrons. The van der Waals surface area contributed by atoms with Gasteiger partial charge in [-0.25, -0.2) is 4.98 Å². The van der Waals surface area contributed by atoms with E-state index in [-0.39, 0.29) is 0 Å². The molecule has 1 aliphatic rings. The van der Waals surface area contributed by atoms with Crippen LogP contribution >= 0.6 is 0 Å². The van der Waals surface area contributed by atoms with Gasteiger partial charge in [-0.2, -0.15) is 5.10 Å². The van der Waals surface area contributed by atoms with Crippen molar-refractivity contribution in [3.8, 4) is 23.0 Å². The standard InChI is InChI=1S/C20H21N5O/c21-18-15(6-10-20(26)8-2-1-3-9-20)14(7-11-23-18)13-4-5-17-16(12-13)19(22)25-24-17/h4-5,7,11-12,26H,1-3,8-9H2,(H2,21,23)(H3,22,24,25). The Kier molecular flexibility index (Phi) is 4.02. The summed E-state index contributed by atoms with van der Waals surface area (Å²) in [5.41, 5.74) is 14.4. The van der Waals surface area contributed by atoms with Crippen LogP contribution in [0.15, 0.2) is 30.5 Å². The molecule has 0 amide bonds. The number of nitrogens with zero attached hydrogens (tertiary/aromatic N) is 2. The number of nitrogens with two attached hydrogens (primary N) is 2. The molecule has 26 heavy (non-hydrogen) atoms. The number of H-pyrrole nitrogens is 1. The van der Waals surface area contributed by atoms with E-state index in [1.54, 1.807) is 6.20 Å². The third kappa shape index (κ3) is 2.98. The van der Waals surface area contributed by atoms with Gasteiger partial charge in [0.25, 0.3) is 0 Å². The van der Waals surface area contributed by atoms with Crippen molar-refractivity contribution in [3.63, 3.8) is 0 Å². The molecule has 0 unspecified atom stereocenters. The number of fused-ring (bicyclic) bond motifs is 1. The lowest BCUT2D eigenvalue weighted by Crippen LogP contribution is -2.29. The van der Waals surface area contributed by atoms with Gasteiger partial charge in [-0.1, -0.05) is 24.3 Å². The van der Waals surface area contributed by atoms with Gasteiger partial charge in [0.2, 0.25) is 0 Å². The third-order valence-corrected chi connectivity index (χ3v) is 4.98. The van der Waals surface area contributed by atoms with Crippen molar-refractivity contribution in [2.24, 2.45) is 0 Å². The molecule has 0 spiro atoms. The number of aliphatic hydroxyl groups is 1. The molecule has 1 saturated carbocycles. The van der Waals surface area contributed by atoms with Crippen LogP contribution in [0.3, 0.4) is 0 Å². The van der Waals surface area contributed by atoms with Gasteiger partial charge >= 0.3 is 0 Å². The first-order chi connectivity index (χ1) is 12.6. The van der Waals surface area contributed by atoms with E-state index >= 15 is 0 Å². The molecule has 1 fully saturated rings. The topological polar surface area (TPSA) is 114 Å². The number of pyridine rings is 1. The summed E-state index contributed by atoms with van der Waals surface area (Å²) in [6.07, 6.45) is 6.21. The van der Waals surface area contributed by atoms with Gasteiger partial charge in [0.05, 0.1) is 11.1 Å². The Balaban J connectivity index is 1.80. The third-order valence-electron chi connectivity index (χ3n) is 4.98. The lowest BCUT2D eigenvalue weighted by molar-refractivity contribution is 0.0610. The molecule has 2 aromatic heterocycles. The van der Waals surface area contributed by atoms with E-state index in [1.165, 1.54) is 0 Å². The van der Waals surface area contributed by atoms with Crippen molar-refractivity contribution in [1.82, 2.24) is 15.2 Å². The number of benzene rings is 1. The van der Waals surface area contributed by atoms with E-state index in [0.717, 1.165) is 41.3 Å². The van der Waals surface area contributed by atoms with E-state index in [2.05, 4.69) is 27.0 Å². The molecule has 2 heterocycles. The summed E-state index contributed by atoms with van der Waals surface area (Å²) in [5.74, 6) is 6.96. The Morgan fingerprint density at radius 3 is 2.69 bits per heavy atom. The number of aromatic amines is 1. The van der Waals surface area contributed by atoms with Crippen molar-refractivity contribution in [2.75, 3.05) is 11.5 Å². The Morgan fingerprint density at radius 1 is 1.08 bits per heavy atom. The first kappa shape index (κ1) is 16.4. The average molecular weight is 347 g/mol. The fourth-order valence-electron chi connectivity index (χ4n) is 3.49. The maximum absolute atomic E-state index is 10.7. The first-order valence-corrected chi connectivity index (χ1v) is 8.80. The summed E-state index contributed by atoms with van der Waals surface area (Å²) in [4.78, 5) is 4.17. The molecular weight excluding hydrogens is 326 g/mol. The summed E-state index contributed by atoms with van der Waals surface area (Å²) in [6.45, 7) is 0. The van der Waals surface area contributed by atoms with Crippen LogP contribution in [0, 0.1) is 11.8 Å². The van der Waals surface area contributed by atoms with Crippen molar-refractivity contribution in [3.05, 3.63) is 36.0 Å². The highest BCUT2D eigenvalue weighted by Gasteiger charge is 2.26. The first-order valence-electron chi connectivity index (χ1n) is 8.80. The zero-order valence-corrected chi connectivity index (χ0v) is 14.4. The van der Waals surface area contributed by atoms with Gasteiger partial charge in [-0.3, -0.25) is 5.10 Å². The van der Waals surface area contributed by atoms with E-state index in [4.69, 9.17) is 11.5 Å². The average Bonchev–Trinajstić information content (AvgIpc) is 3.02. The summed E-state index contributed by atoms with van der Waals surface area (Å²) >= 11 is 0. The largest absolute Gasteiger partial charge is 0.383 e. The van der Waals surface area contributed by atoms with Crippen LogP contribution in [0.5, 0.6) is 0 Å². The van der Waals surface area contributed by atoms with Crippen molar-refractivity contribution < 1.29 is 5.11 Å². The Labute approximate surface area is 151 Å². The minimum absolute atomic E-state index is 0.356. The number of hydrogen-bond donors (Lipinski definition) is 4. The predicted molar refractivity (Wildman–Crippen MR) is 103 cm³/mol. The molecule has 6 N–H and O–H groups in total. The lowest BCUT2D eigenvalue weighted by atomic mass is 9.85. The summed E-state index contributed by atoms with van der Waals surface area (Å²) < 4.78 is 0. The lowest BCUT2D eigenvalue weighted by Gasteiger charge is -2.26. The number of rotatable bonds is 1. The molecule has 1 aromatic carbocycles. The molecule has 4 rings (SSSR count). The van der Waals surface area contributed by atoms with Gasteiger partial charge in [0, 0.05) is 17.1 Å². The van der Waals surface area contributed by atoms with Crippen molar-refractivity contribution in [1.29, 1.82) is 0 Å². The highest BCUT2D eigenvalue weighted by molar-refractivity contribution is 5.93. The molecule has 0 bridgehead atoms. The number of anilines is 2. The zero-order chi connectivity index (χ0) is 18.1. The number of nitrogen functional groups attached to an aromatic ring is 2. The molecule has 0 atom stereocenters. The molecule has 6 heteroatoms. The van der Waals surface area contributed by atoms with Crippen LogP contribution in [0.2, 0.25) is 0 Å². The number of aromatic nitrogens is 3. The smallest absolute Gasteiger partial charge is 0.153 e. The van der Waals surface area contributed by atoms with Crippen LogP contribution in [0.4, 0.5) is 11.6 Å². The summed E-state index contributed by atoms with van der Waals surface area (Å²) in [5, 5.41) is 18.4. The fourth-order valence-corrected chi connectivity index (χ4v) is 3.49. The van der Waals surface area contributed by atoms with Crippen LogP contribution in [0.1, 0.15) is 37.7 Å². The molecule has 0 aliphatic heterocycles. The predicted octanol–water partition coefficient (Wildman–Crippen LogP) is 2.84. The monoisotopic (exact) mass is 347 g/mol. The molecule has 1 aliphatic carbocycles. The van der Waals surface area contributed by atoms with Crippen LogP contribution in [0.25, 0.3) is 22.0 Å². The molecule has 0 radical (unpaired) electrons. The number of nitrogens with one attached hydrogen (secondary N) is 1. The Hall–Kier alpha value is -3.04. The molecular formula is C20H21N5O. The molecule has 0 saturated heterocycles. The van der Waals surface area contributed by atoms with Crippen LogP contribution in [-0.4, -0.2) is 25.9 Å². The highest BCUT2D eigenvalue weighted by atomic mass is 16.3. The Morgan fingerprint density at radius 2 is 1.88 bits per heavy atom. The maximum atomic E-state index is 10.7. The van der Waals surface area contributed by atoms with E-state index in [1.807, 2.05) is 24.3 Å². The minimum atomic E-state index is -0.934. The quantitative estimate of drug-likeness (QED) is 0.505. The number of hydrogen-bond acceptors (Lipinski definition) is 5. The van der Waals surface area contributed by atoms with Gasteiger partial charge in [0.1, 0.15) is 11.4 Å². The van der Waals surface area contributed by atoms with Gasteiger partial charge < -0.3 is 16.6 Å². The van der Waals surface area contributed by atoms with Crippen molar-refractivity contribution in [2.45, 2.75) is 37.7 Å². The SMILES string of the molecule is Nc1nccc(-c2ccc3[nH]nc(N)c3c2)c1C#CC1(O)CCCCC1. The van der Waals surface area contributed by atoms with E-state index in [0.29, 0.717) is 30.0 Å². The van der Waals surface area contributed by atoms with Gasteiger partial charge in [-0.05, 0) is 49.4 Å². The second-order valence-corrected chi connectivity index (χ2v) is 6.83. The van der Waals surface area contributed by atoms with Gasteiger partial charge in [-0.15, -0.1) is 0 Å². The summed E-state index contributed by atoms with van der Waals surface area (Å²) in [6, 6.07) is 7.73. The normalized spacial score (nSPS) is 16.2. The van der Waals surface area contributed by atoms with E-state index < -0.39 is 5.60 Å². The zero-order valence-electron chi connectivity index (χ0n) is 14.4. The fraction of sp³-hybridized carbons (Fsp3) is 0.300. The highest BCUT2D eigenvalue weighted by Crippen LogP contribution is 2.31. The van der Waals surface area contributed by atoms with Gasteiger partial charge in [0.15, 0.2) is 5.82 Å². The van der Waals surface area contributed by atoms with E-state index in [9.17, 15) is 5.11 Å². The second-order valence-electron chi connectivity index (χ2n) is 6.83. The maximum Gasteiger partial charge on any atom is 0.153 e. The minimum Gasteiger partial charge on any atom is -0.383 e.